The number of ether oxygens (including phenoxy) is 1. The Morgan fingerprint density at radius 1 is 1.56 bits per heavy atom. The van der Waals surface area contributed by atoms with Gasteiger partial charge in [-0.15, -0.1) is 0 Å². The molecule has 0 spiro atoms. The molecule has 0 fully saturated rings. The van der Waals surface area contributed by atoms with Crippen LogP contribution in [-0.2, 0) is 6.42 Å². The molecule has 2 heterocycles. The zero-order chi connectivity index (χ0) is 11.3. The van der Waals surface area contributed by atoms with Gasteiger partial charge in [0, 0.05) is 18.1 Å². The molecule has 1 aromatic carbocycles. The summed E-state index contributed by atoms with van der Waals surface area (Å²) in [5.41, 5.74) is 1.85. The van der Waals surface area contributed by atoms with Crippen molar-refractivity contribution in [2.45, 2.75) is 26.0 Å². The van der Waals surface area contributed by atoms with Crippen molar-refractivity contribution >= 4 is 5.57 Å². The summed E-state index contributed by atoms with van der Waals surface area (Å²) in [6.45, 7) is 2.59. The van der Waals surface area contributed by atoms with Crippen LogP contribution in [0.3, 0.4) is 0 Å². The first-order valence-corrected chi connectivity index (χ1v) is 5.46. The van der Waals surface area contributed by atoms with Crippen LogP contribution in [0.25, 0.3) is 5.57 Å². The second-order valence-corrected chi connectivity index (χ2v) is 4.16. The van der Waals surface area contributed by atoms with E-state index in [9.17, 15) is 10.2 Å². The van der Waals surface area contributed by atoms with Gasteiger partial charge in [-0.1, -0.05) is 6.92 Å². The van der Waals surface area contributed by atoms with E-state index >= 15 is 0 Å². The molecule has 1 atom stereocenters. The number of hydrogen-bond donors (Lipinski definition) is 2. The summed E-state index contributed by atoms with van der Waals surface area (Å²) in [5.74, 6) is 0.924. The maximum atomic E-state index is 10.2. The van der Waals surface area contributed by atoms with Gasteiger partial charge in [0.1, 0.15) is 24.3 Å². The fourth-order valence-electron chi connectivity index (χ4n) is 2.35. The molecule has 0 bridgehead atoms. The van der Waals surface area contributed by atoms with E-state index < -0.39 is 6.23 Å². The summed E-state index contributed by atoms with van der Waals surface area (Å²) in [6.07, 6.45) is 0.526. The van der Waals surface area contributed by atoms with Crippen molar-refractivity contribution in [3.8, 4) is 11.5 Å². The molecule has 4 nitrogen and oxygen atoms in total. The largest absolute Gasteiger partial charge is 0.507 e. The molecule has 0 amide bonds. The molecule has 3 rings (SSSR count). The van der Waals surface area contributed by atoms with E-state index in [1.54, 1.807) is 0 Å². The topological polar surface area (TPSA) is 62.0 Å². The van der Waals surface area contributed by atoms with Crippen molar-refractivity contribution in [3.05, 3.63) is 22.2 Å². The Bertz CT molecular complexity index is 577. The average molecular weight is 219 g/mol. The molecular formula is C12H13NO3. The van der Waals surface area contributed by atoms with Gasteiger partial charge >= 0.3 is 0 Å². The van der Waals surface area contributed by atoms with Crippen LogP contribution < -0.4 is 15.3 Å². The number of hydrogen-bond acceptors (Lipinski definition) is 4. The SMILES string of the molecule is CCC1=c2c(cc3c(c2O)CC(O)N=3)OC1. The van der Waals surface area contributed by atoms with Gasteiger partial charge < -0.3 is 14.9 Å². The summed E-state index contributed by atoms with van der Waals surface area (Å²) < 4.78 is 5.50. The molecular weight excluding hydrogens is 206 g/mol. The molecule has 4 heteroatoms. The molecule has 2 N–H and O–H groups in total. The minimum Gasteiger partial charge on any atom is -0.507 e. The molecule has 0 saturated carbocycles. The van der Waals surface area contributed by atoms with E-state index in [0.29, 0.717) is 24.1 Å². The van der Waals surface area contributed by atoms with E-state index in [1.807, 2.05) is 13.0 Å². The first kappa shape index (κ1) is 9.66. The van der Waals surface area contributed by atoms with Crippen molar-refractivity contribution < 1.29 is 14.9 Å². The fourth-order valence-corrected chi connectivity index (χ4v) is 2.35. The van der Waals surface area contributed by atoms with Crippen molar-refractivity contribution in [3.63, 3.8) is 0 Å². The van der Waals surface area contributed by atoms with Crippen molar-refractivity contribution in [1.29, 1.82) is 0 Å². The number of benzene rings is 1. The number of rotatable bonds is 1. The average Bonchev–Trinajstić information content (AvgIpc) is 2.81. The summed E-state index contributed by atoms with van der Waals surface area (Å²) in [6, 6.07) is 1.81. The van der Waals surface area contributed by atoms with Gasteiger partial charge in [0.05, 0.1) is 10.6 Å². The molecule has 2 aliphatic rings. The molecule has 0 radical (unpaired) electrons. The lowest BCUT2D eigenvalue weighted by molar-refractivity contribution is 0.189. The quantitative estimate of drug-likeness (QED) is 0.690. The van der Waals surface area contributed by atoms with Crippen LogP contribution >= 0.6 is 0 Å². The van der Waals surface area contributed by atoms with Gasteiger partial charge in [0.15, 0.2) is 0 Å². The number of aromatic hydroxyl groups is 1. The Kier molecular flexibility index (Phi) is 1.94. The smallest absolute Gasteiger partial charge is 0.150 e. The zero-order valence-corrected chi connectivity index (χ0v) is 9.03. The normalized spacial score (nSPS) is 21.4. The number of phenols is 1. The van der Waals surface area contributed by atoms with Gasteiger partial charge in [-0.2, -0.15) is 0 Å². The van der Waals surface area contributed by atoms with E-state index in [-0.39, 0.29) is 5.75 Å². The molecule has 0 aliphatic carbocycles. The van der Waals surface area contributed by atoms with Crippen LogP contribution in [-0.4, -0.2) is 23.0 Å². The third-order valence-corrected chi connectivity index (χ3v) is 3.20. The first-order valence-electron chi connectivity index (χ1n) is 5.46. The predicted molar refractivity (Wildman–Crippen MR) is 57.8 cm³/mol. The maximum absolute atomic E-state index is 10.2. The molecule has 0 aromatic heterocycles. The molecule has 16 heavy (non-hydrogen) atoms. The van der Waals surface area contributed by atoms with Gasteiger partial charge in [0.25, 0.3) is 0 Å². The van der Waals surface area contributed by atoms with Crippen LogP contribution in [0.5, 0.6) is 11.5 Å². The lowest BCUT2D eigenvalue weighted by atomic mass is 10.1. The highest BCUT2D eigenvalue weighted by Crippen LogP contribution is 2.24. The third-order valence-electron chi connectivity index (χ3n) is 3.20. The minimum absolute atomic E-state index is 0.238. The van der Waals surface area contributed by atoms with E-state index in [1.165, 1.54) is 0 Å². The van der Waals surface area contributed by atoms with E-state index in [2.05, 4.69) is 4.99 Å². The lowest BCUT2D eigenvalue weighted by Gasteiger charge is -2.02. The second kappa shape index (κ2) is 3.22. The summed E-state index contributed by atoms with van der Waals surface area (Å²) in [7, 11) is 0. The van der Waals surface area contributed by atoms with Crippen molar-refractivity contribution in [1.82, 2.24) is 0 Å². The van der Waals surface area contributed by atoms with Gasteiger partial charge in [0.2, 0.25) is 0 Å². The standard InChI is InChI=1S/C12H13NO3/c1-2-6-5-16-9-4-8-7(3-10(14)13-8)12(15)11(6)9/h4,10,14-15H,2-3,5H2,1H3. The van der Waals surface area contributed by atoms with Crippen LogP contribution in [0.1, 0.15) is 18.9 Å². The monoisotopic (exact) mass is 219 g/mol. The zero-order valence-electron chi connectivity index (χ0n) is 9.03. The van der Waals surface area contributed by atoms with Crippen LogP contribution in [0.2, 0.25) is 0 Å². The molecule has 0 saturated heterocycles. The van der Waals surface area contributed by atoms with E-state index in [0.717, 1.165) is 22.8 Å². The molecule has 1 unspecified atom stereocenters. The first-order chi connectivity index (χ1) is 7.70. The van der Waals surface area contributed by atoms with Crippen molar-refractivity contribution in [2.24, 2.45) is 4.99 Å². The number of aliphatic hydroxyl groups is 1. The fraction of sp³-hybridized carbons (Fsp3) is 0.417. The Labute approximate surface area is 92.5 Å². The third kappa shape index (κ3) is 1.16. The maximum Gasteiger partial charge on any atom is 0.150 e. The van der Waals surface area contributed by atoms with Gasteiger partial charge in [-0.25, -0.2) is 0 Å². The predicted octanol–water partition coefficient (Wildman–Crippen LogP) is -0.161. The highest BCUT2D eigenvalue weighted by atomic mass is 16.5. The Balaban J connectivity index is 2.36. The van der Waals surface area contributed by atoms with Crippen LogP contribution in [0.15, 0.2) is 11.1 Å². The van der Waals surface area contributed by atoms with Crippen LogP contribution in [0, 0.1) is 0 Å². The Morgan fingerprint density at radius 3 is 3.12 bits per heavy atom. The molecule has 2 aliphatic heterocycles. The summed E-state index contributed by atoms with van der Waals surface area (Å²) in [5, 5.41) is 21.1. The summed E-state index contributed by atoms with van der Waals surface area (Å²) in [4.78, 5) is 4.05. The van der Waals surface area contributed by atoms with Crippen LogP contribution in [0.4, 0.5) is 0 Å². The number of aliphatic hydroxyl groups excluding tert-OH is 1. The number of phenolic OH excluding ortho intramolecular Hbond substituents is 1. The highest BCUT2D eigenvalue weighted by Gasteiger charge is 2.23. The minimum atomic E-state index is -0.728. The van der Waals surface area contributed by atoms with Crippen molar-refractivity contribution in [2.75, 3.05) is 6.61 Å². The number of nitrogens with zero attached hydrogens (tertiary/aromatic N) is 1. The summed E-state index contributed by atoms with van der Waals surface area (Å²) >= 11 is 0. The lowest BCUT2D eigenvalue weighted by Crippen LogP contribution is -2.14. The Hall–Kier alpha value is -1.55. The van der Waals surface area contributed by atoms with Gasteiger partial charge in [-0.05, 0) is 12.0 Å². The van der Waals surface area contributed by atoms with Gasteiger partial charge in [-0.3, -0.25) is 4.99 Å². The highest BCUT2D eigenvalue weighted by molar-refractivity contribution is 5.60. The Morgan fingerprint density at radius 2 is 2.38 bits per heavy atom. The second-order valence-electron chi connectivity index (χ2n) is 4.16. The van der Waals surface area contributed by atoms with E-state index in [4.69, 9.17) is 4.74 Å². The molecule has 1 aromatic rings. The molecule has 84 valence electrons. The number of fused-ring (bicyclic) bond motifs is 2.